The minimum Gasteiger partial charge on any atom is -0.481 e. The van der Waals surface area contributed by atoms with Gasteiger partial charge in [-0.15, -0.1) is 6.58 Å². The van der Waals surface area contributed by atoms with Gasteiger partial charge in [0.05, 0.1) is 5.41 Å². The average molecular weight is 289 g/mol. The van der Waals surface area contributed by atoms with Gasteiger partial charge in [0.1, 0.15) is 0 Å². The van der Waals surface area contributed by atoms with Crippen LogP contribution in [-0.4, -0.2) is 35.0 Å². The largest absolute Gasteiger partial charge is 0.481 e. The van der Waals surface area contributed by atoms with Gasteiger partial charge in [-0.3, -0.25) is 9.59 Å². The van der Waals surface area contributed by atoms with E-state index in [0.717, 1.165) is 6.42 Å². The molecule has 1 aromatic rings. The van der Waals surface area contributed by atoms with E-state index in [1.54, 1.807) is 42.2 Å². The Morgan fingerprint density at radius 3 is 2.43 bits per heavy atom. The summed E-state index contributed by atoms with van der Waals surface area (Å²) in [6.07, 6.45) is 2.43. The summed E-state index contributed by atoms with van der Waals surface area (Å²) in [7, 11) is 0. The van der Waals surface area contributed by atoms with Gasteiger partial charge in [0, 0.05) is 19.5 Å². The summed E-state index contributed by atoms with van der Waals surface area (Å²) in [6, 6.07) is 8.90. The molecule has 4 heteroatoms. The van der Waals surface area contributed by atoms with E-state index in [-0.39, 0.29) is 12.3 Å². The molecule has 1 rings (SSSR count). The van der Waals surface area contributed by atoms with Gasteiger partial charge in [-0.25, -0.2) is 0 Å². The third-order valence-corrected chi connectivity index (χ3v) is 3.58. The van der Waals surface area contributed by atoms with Crippen molar-refractivity contribution in [1.29, 1.82) is 0 Å². The number of rotatable bonds is 8. The second-order valence-corrected chi connectivity index (χ2v) is 5.31. The lowest BCUT2D eigenvalue weighted by Gasteiger charge is -2.28. The highest BCUT2D eigenvalue weighted by molar-refractivity contribution is 5.89. The molecule has 0 radical (unpaired) electrons. The molecule has 0 spiro atoms. The number of aliphatic carboxylic acids is 1. The summed E-state index contributed by atoms with van der Waals surface area (Å²) < 4.78 is 0. The van der Waals surface area contributed by atoms with E-state index in [1.807, 2.05) is 13.0 Å². The van der Waals surface area contributed by atoms with Crippen molar-refractivity contribution in [3.05, 3.63) is 48.6 Å². The molecule has 0 saturated heterocycles. The van der Waals surface area contributed by atoms with Crippen molar-refractivity contribution in [2.45, 2.75) is 32.1 Å². The van der Waals surface area contributed by atoms with Crippen LogP contribution in [0, 0.1) is 0 Å². The monoisotopic (exact) mass is 289 g/mol. The molecule has 0 aliphatic rings. The number of carbonyl (C=O) groups excluding carboxylic acids is 1. The molecule has 0 aliphatic heterocycles. The Labute approximate surface area is 126 Å². The highest BCUT2D eigenvalue weighted by Gasteiger charge is 2.38. The highest BCUT2D eigenvalue weighted by atomic mass is 16.4. The molecule has 0 saturated carbocycles. The molecule has 0 bridgehead atoms. The Kier molecular flexibility index (Phi) is 6.15. The van der Waals surface area contributed by atoms with Gasteiger partial charge in [0.2, 0.25) is 5.91 Å². The fourth-order valence-corrected chi connectivity index (χ4v) is 2.26. The van der Waals surface area contributed by atoms with Crippen molar-refractivity contribution < 1.29 is 14.7 Å². The topological polar surface area (TPSA) is 57.6 Å². The predicted molar refractivity (Wildman–Crippen MR) is 83.1 cm³/mol. The Morgan fingerprint density at radius 1 is 1.33 bits per heavy atom. The van der Waals surface area contributed by atoms with Crippen LogP contribution >= 0.6 is 0 Å². The maximum absolute atomic E-state index is 12.4. The summed E-state index contributed by atoms with van der Waals surface area (Å²) in [5.41, 5.74) is -0.577. The Morgan fingerprint density at radius 2 is 1.95 bits per heavy atom. The van der Waals surface area contributed by atoms with Gasteiger partial charge >= 0.3 is 5.97 Å². The molecule has 4 nitrogen and oxygen atoms in total. The van der Waals surface area contributed by atoms with E-state index in [9.17, 15) is 14.7 Å². The highest BCUT2D eigenvalue weighted by Crippen LogP contribution is 2.28. The van der Waals surface area contributed by atoms with Crippen LogP contribution in [0.15, 0.2) is 43.0 Å². The Hall–Kier alpha value is -2.10. The van der Waals surface area contributed by atoms with Crippen LogP contribution in [0.1, 0.15) is 32.3 Å². The number of carboxylic acids is 1. The van der Waals surface area contributed by atoms with Crippen LogP contribution in [0.25, 0.3) is 0 Å². The van der Waals surface area contributed by atoms with Crippen LogP contribution < -0.4 is 0 Å². The molecule has 1 unspecified atom stereocenters. The first-order valence-corrected chi connectivity index (χ1v) is 7.13. The fraction of sp³-hybridized carbons (Fsp3) is 0.412. The zero-order valence-electron chi connectivity index (χ0n) is 12.7. The molecule has 21 heavy (non-hydrogen) atoms. The van der Waals surface area contributed by atoms with E-state index in [2.05, 4.69) is 6.58 Å². The van der Waals surface area contributed by atoms with E-state index in [0.29, 0.717) is 18.7 Å². The van der Waals surface area contributed by atoms with Gasteiger partial charge in [0.15, 0.2) is 0 Å². The van der Waals surface area contributed by atoms with E-state index in [4.69, 9.17) is 0 Å². The van der Waals surface area contributed by atoms with Crippen molar-refractivity contribution in [3.8, 4) is 0 Å². The second kappa shape index (κ2) is 7.62. The SMILES string of the molecule is C=CCN(CCC)C(=O)CC(C)(C(=O)O)c1ccccc1. The van der Waals surface area contributed by atoms with Crippen LogP contribution in [0.2, 0.25) is 0 Å². The van der Waals surface area contributed by atoms with Crippen LogP contribution in [0.5, 0.6) is 0 Å². The van der Waals surface area contributed by atoms with Crippen molar-refractivity contribution in [1.82, 2.24) is 4.90 Å². The maximum atomic E-state index is 12.4. The molecule has 0 fully saturated rings. The van der Waals surface area contributed by atoms with Crippen molar-refractivity contribution in [2.75, 3.05) is 13.1 Å². The van der Waals surface area contributed by atoms with Crippen molar-refractivity contribution in [2.24, 2.45) is 0 Å². The summed E-state index contributed by atoms with van der Waals surface area (Å²) in [5, 5.41) is 9.59. The summed E-state index contributed by atoms with van der Waals surface area (Å²) in [6.45, 7) is 8.27. The van der Waals surface area contributed by atoms with E-state index in [1.165, 1.54) is 0 Å². The lowest BCUT2D eigenvalue weighted by Crippen LogP contribution is -2.41. The average Bonchev–Trinajstić information content (AvgIpc) is 2.47. The molecule has 1 atom stereocenters. The minimum absolute atomic E-state index is 0.0554. The van der Waals surface area contributed by atoms with Gasteiger partial charge < -0.3 is 10.0 Å². The third kappa shape index (κ3) is 4.18. The van der Waals surface area contributed by atoms with E-state index >= 15 is 0 Å². The molecule has 1 aromatic carbocycles. The van der Waals surface area contributed by atoms with Gasteiger partial charge in [-0.2, -0.15) is 0 Å². The number of carbonyl (C=O) groups is 2. The Bertz CT molecular complexity index is 498. The molecule has 1 amide bonds. The summed E-state index contributed by atoms with van der Waals surface area (Å²) >= 11 is 0. The van der Waals surface area contributed by atoms with E-state index < -0.39 is 11.4 Å². The summed E-state index contributed by atoms with van der Waals surface area (Å²) in [4.78, 5) is 25.8. The van der Waals surface area contributed by atoms with Gasteiger partial charge in [0.25, 0.3) is 0 Å². The maximum Gasteiger partial charge on any atom is 0.314 e. The molecule has 0 aliphatic carbocycles. The van der Waals surface area contributed by atoms with Crippen molar-refractivity contribution >= 4 is 11.9 Å². The number of hydrogen-bond donors (Lipinski definition) is 1. The fourth-order valence-electron chi connectivity index (χ4n) is 2.26. The van der Waals surface area contributed by atoms with Gasteiger partial charge in [-0.1, -0.05) is 43.3 Å². The quantitative estimate of drug-likeness (QED) is 0.749. The predicted octanol–water partition coefficient (Wildman–Crippen LogP) is 2.84. The number of hydrogen-bond acceptors (Lipinski definition) is 2. The first kappa shape index (κ1) is 17.0. The minimum atomic E-state index is -1.22. The Balaban J connectivity index is 3.00. The first-order valence-electron chi connectivity index (χ1n) is 7.13. The molecule has 114 valence electrons. The lowest BCUT2D eigenvalue weighted by atomic mass is 9.79. The number of amides is 1. The molecule has 0 heterocycles. The summed E-state index contributed by atoms with van der Waals surface area (Å²) in [5.74, 6) is -1.15. The number of carboxylic acid groups (broad SMARTS) is 1. The molecule has 1 N–H and O–H groups in total. The standard InChI is InChI=1S/C17H23NO3/c1-4-11-18(12-5-2)15(19)13-17(3,16(20)21)14-9-7-6-8-10-14/h4,6-10H,1,5,11-13H2,2-3H3,(H,20,21). The zero-order chi connectivity index (χ0) is 15.9. The smallest absolute Gasteiger partial charge is 0.314 e. The van der Waals surface area contributed by atoms with Crippen LogP contribution in [-0.2, 0) is 15.0 Å². The van der Waals surface area contributed by atoms with Crippen molar-refractivity contribution in [3.63, 3.8) is 0 Å². The molecular weight excluding hydrogens is 266 g/mol. The molecular formula is C17H23NO3. The molecule has 0 aromatic heterocycles. The lowest BCUT2D eigenvalue weighted by molar-refractivity contribution is -0.147. The van der Waals surface area contributed by atoms with Crippen LogP contribution in [0.3, 0.4) is 0 Å². The zero-order valence-corrected chi connectivity index (χ0v) is 12.7. The number of nitrogens with zero attached hydrogens (tertiary/aromatic N) is 1. The van der Waals surface area contributed by atoms with Crippen LogP contribution in [0.4, 0.5) is 0 Å². The first-order chi connectivity index (χ1) is 9.95. The normalized spacial score (nSPS) is 13.2. The second-order valence-electron chi connectivity index (χ2n) is 5.31. The van der Waals surface area contributed by atoms with Gasteiger partial charge in [-0.05, 0) is 18.9 Å². The number of benzene rings is 1. The third-order valence-electron chi connectivity index (χ3n) is 3.58.